The molecule has 1 saturated heterocycles. The molecule has 1 amide bonds. The molecule has 2 rings (SSSR count). The second-order valence-corrected chi connectivity index (χ2v) is 6.02. The Labute approximate surface area is 114 Å². The summed E-state index contributed by atoms with van der Waals surface area (Å²) in [5, 5.41) is 3.94. The van der Waals surface area contributed by atoms with Crippen molar-refractivity contribution in [1.29, 1.82) is 0 Å². The molecule has 6 heteroatoms. The summed E-state index contributed by atoms with van der Waals surface area (Å²) in [6, 6.07) is 1.54. The molecule has 0 spiro atoms. The molecular weight excluding hydrogens is 279 g/mol. The highest BCUT2D eigenvalue weighted by Crippen LogP contribution is 2.25. The van der Waals surface area contributed by atoms with Crippen LogP contribution in [-0.2, 0) is 0 Å². The van der Waals surface area contributed by atoms with Crippen molar-refractivity contribution < 1.29 is 4.79 Å². The van der Waals surface area contributed by atoms with Crippen LogP contribution in [0.3, 0.4) is 0 Å². The molecule has 2 heterocycles. The number of aromatic nitrogens is 1. The number of pyridine rings is 1. The SMILES string of the molecule is O=C(NCC1CCCS1)c1cnc(Cl)c(Cl)c1. The summed E-state index contributed by atoms with van der Waals surface area (Å²) < 4.78 is 0. The summed E-state index contributed by atoms with van der Waals surface area (Å²) in [6.07, 6.45) is 3.84. The van der Waals surface area contributed by atoms with Crippen LogP contribution in [0.1, 0.15) is 23.2 Å². The van der Waals surface area contributed by atoms with Crippen molar-refractivity contribution in [2.45, 2.75) is 18.1 Å². The van der Waals surface area contributed by atoms with Gasteiger partial charge in [-0.2, -0.15) is 11.8 Å². The Kier molecular flexibility index (Phi) is 4.54. The first kappa shape index (κ1) is 13.0. The first-order valence-corrected chi connectivity index (χ1v) is 7.18. The van der Waals surface area contributed by atoms with Gasteiger partial charge in [0.15, 0.2) is 0 Å². The molecule has 1 aliphatic heterocycles. The van der Waals surface area contributed by atoms with Crippen molar-refractivity contribution >= 4 is 40.9 Å². The molecule has 1 aromatic heterocycles. The van der Waals surface area contributed by atoms with Gasteiger partial charge in [0.1, 0.15) is 5.15 Å². The van der Waals surface area contributed by atoms with Crippen LogP contribution in [0, 0.1) is 0 Å². The summed E-state index contributed by atoms with van der Waals surface area (Å²) >= 11 is 13.4. The van der Waals surface area contributed by atoms with E-state index in [9.17, 15) is 4.79 Å². The van der Waals surface area contributed by atoms with Crippen LogP contribution in [0.25, 0.3) is 0 Å². The molecule has 17 heavy (non-hydrogen) atoms. The van der Waals surface area contributed by atoms with Gasteiger partial charge in [0.05, 0.1) is 10.6 Å². The molecular formula is C11H12Cl2N2OS. The van der Waals surface area contributed by atoms with Crippen molar-refractivity contribution in [2.75, 3.05) is 12.3 Å². The Morgan fingerprint density at radius 3 is 3.06 bits per heavy atom. The zero-order valence-electron chi connectivity index (χ0n) is 9.08. The fourth-order valence-electron chi connectivity index (χ4n) is 1.66. The summed E-state index contributed by atoms with van der Waals surface area (Å²) in [7, 11) is 0. The number of nitrogens with one attached hydrogen (secondary N) is 1. The lowest BCUT2D eigenvalue weighted by atomic mass is 10.2. The summed E-state index contributed by atoms with van der Waals surface area (Å²) in [5.74, 6) is 1.04. The number of thioether (sulfide) groups is 1. The van der Waals surface area contributed by atoms with E-state index in [2.05, 4.69) is 10.3 Å². The normalized spacial score (nSPS) is 19.3. The van der Waals surface area contributed by atoms with Gasteiger partial charge in [0, 0.05) is 18.0 Å². The first-order valence-electron chi connectivity index (χ1n) is 5.37. The number of rotatable bonds is 3. The number of hydrogen-bond donors (Lipinski definition) is 1. The van der Waals surface area contributed by atoms with E-state index in [0.717, 1.165) is 0 Å². The van der Waals surface area contributed by atoms with Crippen LogP contribution in [0.15, 0.2) is 12.3 Å². The minimum atomic E-state index is -0.149. The molecule has 1 aliphatic rings. The molecule has 0 aromatic carbocycles. The van der Waals surface area contributed by atoms with Gasteiger partial charge in [-0.25, -0.2) is 4.98 Å². The van der Waals surface area contributed by atoms with E-state index in [1.807, 2.05) is 11.8 Å². The third-order valence-corrected chi connectivity index (χ3v) is 4.66. The number of carbonyl (C=O) groups excluding carboxylic acids is 1. The maximum Gasteiger partial charge on any atom is 0.252 e. The average molecular weight is 291 g/mol. The molecule has 0 radical (unpaired) electrons. The van der Waals surface area contributed by atoms with E-state index >= 15 is 0 Å². The number of amides is 1. The van der Waals surface area contributed by atoms with Gasteiger partial charge in [-0.15, -0.1) is 0 Å². The standard InChI is InChI=1S/C11H12Cl2N2OS/c12-9-4-7(5-14-10(9)13)11(16)15-6-8-2-1-3-17-8/h4-5,8H,1-3,6H2,(H,15,16). The molecule has 1 unspecified atom stereocenters. The van der Waals surface area contributed by atoms with E-state index in [4.69, 9.17) is 23.2 Å². The Morgan fingerprint density at radius 1 is 1.59 bits per heavy atom. The zero-order chi connectivity index (χ0) is 12.3. The van der Waals surface area contributed by atoms with E-state index in [-0.39, 0.29) is 11.1 Å². The van der Waals surface area contributed by atoms with Gasteiger partial charge in [-0.1, -0.05) is 23.2 Å². The smallest absolute Gasteiger partial charge is 0.252 e. The molecule has 0 saturated carbocycles. The third kappa shape index (κ3) is 3.50. The van der Waals surface area contributed by atoms with E-state index < -0.39 is 0 Å². The van der Waals surface area contributed by atoms with Crippen LogP contribution in [0.5, 0.6) is 0 Å². The summed E-state index contributed by atoms with van der Waals surface area (Å²) in [4.78, 5) is 15.6. The number of nitrogens with zero attached hydrogens (tertiary/aromatic N) is 1. The van der Waals surface area contributed by atoms with Gasteiger partial charge in [0.25, 0.3) is 5.91 Å². The number of halogens is 2. The Bertz CT molecular complexity index is 422. The highest BCUT2D eigenvalue weighted by Gasteiger charge is 2.17. The van der Waals surface area contributed by atoms with Crippen LogP contribution in [0.2, 0.25) is 10.2 Å². The van der Waals surface area contributed by atoms with E-state index in [1.54, 1.807) is 0 Å². The van der Waals surface area contributed by atoms with Crippen molar-refractivity contribution in [2.24, 2.45) is 0 Å². The maximum atomic E-state index is 11.8. The molecule has 0 bridgehead atoms. The van der Waals surface area contributed by atoms with Crippen LogP contribution >= 0.6 is 35.0 Å². The lowest BCUT2D eigenvalue weighted by molar-refractivity contribution is 0.0953. The lowest BCUT2D eigenvalue weighted by Crippen LogP contribution is -2.29. The molecule has 3 nitrogen and oxygen atoms in total. The topological polar surface area (TPSA) is 42.0 Å². The quantitative estimate of drug-likeness (QED) is 0.870. The van der Waals surface area contributed by atoms with E-state index in [0.29, 0.717) is 22.4 Å². The van der Waals surface area contributed by atoms with Crippen molar-refractivity contribution in [3.8, 4) is 0 Å². The average Bonchev–Trinajstić information content (AvgIpc) is 2.82. The van der Waals surface area contributed by atoms with E-state index in [1.165, 1.54) is 30.9 Å². The molecule has 92 valence electrons. The van der Waals surface area contributed by atoms with Crippen molar-refractivity contribution in [1.82, 2.24) is 10.3 Å². The number of carbonyl (C=O) groups is 1. The number of hydrogen-bond acceptors (Lipinski definition) is 3. The predicted octanol–water partition coefficient (Wildman–Crippen LogP) is 3.01. The largest absolute Gasteiger partial charge is 0.351 e. The maximum absolute atomic E-state index is 11.8. The monoisotopic (exact) mass is 290 g/mol. The van der Waals surface area contributed by atoms with Crippen LogP contribution in [-0.4, -0.2) is 28.4 Å². The summed E-state index contributed by atoms with van der Waals surface area (Å²) in [5.41, 5.74) is 0.447. The van der Waals surface area contributed by atoms with Crippen molar-refractivity contribution in [3.63, 3.8) is 0 Å². The van der Waals surface area contributed by atoms with Gasteiger partial charge >= 0.3 is 0 Å². The Hall–Kier alpha value is -0.450. The third-order valence-electron chi connectivity index (χ3n) is 2.57. The minimum absolute atomic E-state index is 0.149. The van der Waals surface area contributed by atoms with Gasteiger partial charge < -0.3 is 5.32 Å². The second-order valence-electron chi connectivity index (χ2n) is 3.84. The zero-order valence-corrected chi connectivity index (χ0v) is 11.4. The predicted molar refractivity (Wildman–Crippen MR) is 72.1 cm³/mol. The Morgan fingerprint density at radius 2 is 2.41 bits per heavy atom. The van der Waals surface area contributed by atoms with Gasteiger partial charge in [-0.05, 0) is 24.7 Å². The molecule has 0 aliphatic carbocycles. The highest BCUT2D eigenvalue weighted by atomic mass is 35.5. The van der Waals surface area contributed by atoms with Crippen LogP contribution < -0.4 is 5.32 Å². The minimum Gasteiger partial charge on any atom is -0.351 e. The van der Waals surface area contributed by atoms with Crippen molar-refractivity contribution in [3.05, 3.63) is 28.0 Å². The fraction of sp³-hybridized carbons (Fsp3) is 0.455. The van der Waals surface area contributed by atoms with Crippen LogP contribution in [0.4, 0.5) is 0 Å². The fourth-order valence-corrected chi connectivity index (χ4v) is 3.13. The lowest BCUT2D eigenvalue weighted by Gasteiger charge is -2.10. The Balaban J connectivity index is 1.92. The molecule has 1 N–H and O–H groups in total. The second kappa shape index (κ2) is 5.94. The first-order chi connectivity index (χ1) is 8.16. The van der Waals surface area contributed by atoms with Gasteiger partial charge in [0.2, 0.25) is 0 Å². The molecule has 1 fully saturated rings. The van der Waals surface area contributed by atoms with Gasteiger partial charge in [-0.3, -0.25) is 4.79 Å². The molecule has 1 aromatic rings. The summed E-state index contributed by atoms with van der Waals surface area (Å²) in [6.45, 7) is 0.698. The molecule has 1 atom stereocenters. The highest BCUT2D eigenvalue weighted by molar-refractivity contribution is 8.00.